The molecule has 0 aromatic heterocycles. The van der Waals surface area contributed by atoms with Crippen LogP contribution < -0.4 is 0 Å². The Bertz CT molecular complexity index is 168. The first-order valence-electron chi connectivity index (χ1n) is 2.87. The minimum absolute atomic E-state index is 0.229. The van der Waals surface area contributed by atoms with Crippen LogP contribution in [0.1, 0.15) is 0 Å². The van der Waals surface area contributed by atoms with Crippen molar-refractivity contribution >= 4 is 0 Å². The summed E-state index contributed by atoms with van der Waals surface area (Å²) in [5.74, 6) is -0.620. The highest BCUT2D eigenvalue weighted by atomic mass is 19.5. The van der Waals surface area contributed by atoms with Crippen molar-refractivity contribution in [3.8, 4) is 0 Å². The molecule has 0 aliphatic carbocycles. The molecule has 13 heavy (non-hydrogen) atoms. The van der Waals surface area contributed by atoms with E-state index in [1.165, 1.54) is 0 Å². The highest BCUT2D eigenvalue weighted by Crippen LogP contribution is 2.14. The van der Waals surface area contributed by atoms with Crippen LogP contribution in [-0.2, 0) is 9.47 Å². The van der Waals surface area contributed by atoms with Gasteiger partial charge in [0.25, 0.3) is 0 Å². The van der Waals surface area contributed by atoms with Crippen LogP contribution in [-0.4, -0.2) is 19.6 Å². The van der Waals surface area contributed by atoms with Crippen LogP contribution >= 0.6 is 0 Å². The van der Waals surface area contributed by atoms with Crippen molar-refractivity contribution in [2.75, 3.05) is 13.2 Å². The van der Waals surface area contributed by atoms with Crippen LogP contribution in [0.2, 0.25) is 0 Å². The number of hydrogen-bond donors (Lipinski definition) is 0. The molecular weight excluding hydrogens is 206 g/mol. The second kappa shape index (κ2) is 4.83. The lowest BCUT2D eigenvalue weighted by Gasteiger charge is -1.90. The van der Waals surface area contributed by atoms with E-state index in [4.69, 9.17) is 0 Å². The SMILES string of the molecule is FC(F)(F)F.FC(F)=C1OCCO1. The molecule has 1 aliphatic heterocycles. The summed E-state index contributed by atoms with van der Waals surface area (Å²) in [6.45, 7) is 0.458. The largest absolute Gasteiger partial charge is 0.559 e. The molecular formula is C5H4F6O2. The fraction of sp³-hybridized carbons (Fsp3) is 0.600. The molecule has 1 rings (SSSR count). The highest BCUT2D eigenvalue weighted by molar-refractivity contribution is 4.85. The average Bonchev–Trinajstić information content (AvgIpc) is 2.31. The number of halogens is 6. The number of alkyl halides is 4. The van der Waals surface area contributed by atoms with Gasteiger partial charge in [-0.05, 0) is 0 Å². The Morgan fingerprint density at radius 2 is 1.31 bits per heavy atom. The summed E-state index contributed by atoms with van der Waals surface area (Å²) in [4.78, 5) is 0. The topological polar surface area (TPSA) is 18.5 Å². The standard InChI is InChI=1S/C4H4F2O2.CF4/c5-3(6)4-7-1-2-8-4;2-1(3,4)5/h1-2H2;. The zero-order chi connectivity index (χ0) is 10.5. The molecule has 2 nitrogen and oxygen atoms in total. The summed E-state index contributed by atoms with van der Waals surface area (Å²) in [6, 6.07) is 0. The Labute approximate surface area is 68.7 Å². The summed E-state index contributed by atoms with van der Waals surface area (Å²) in [7, 11) is 0. The Hall–Kier alpha value is -1.08. The van der Waals surface area contributed by atoms with Gasteiger partial charge in [-0.15, -0.1) is 17.6 Å². The van der Waals surface area contributed by atoms with Crippen molar-refractivity contribution in [1.29, 1.82) is 0 Å². The molecule has 0 aromatic rings. The van der Waals surface area contributed by atoms with E-state index in [0.29, 0.717) is 0 Å². The van der Waals surface area contributed by atoms with Gasteiger partial charge in [0.2, 0.25) is 0 Å². The normalized spacial score (nSPS) is 15.4. The molecule has 1 heterocycles. The smallest absolute Gasteiger partial charge is 0.458 e. The fourth-order valence-electron chi connectivity index (χ4n) is 0.420. The molecule has 0 spiro atoms. The van der Waals surface area contributed by atoms with E-state index in [0.717, 1.165) is 0 Å². The zero-order valence-electron chi connectivity index (χ0n) is 6.00. The number of ether oxygens (including phenoxy) is 2. The molecule has 0 saturated carbocycles. The molecule has 0 aromatic carbocycles. The van der Waals surface area contributed by atoms with Gasteiger partial charge in [-0.2, -0.15) is 8.78 Å². The van der Waals surface area contributed by atoms with E-state index in [1.54, 1.807) is 0 Å². The van der Waals surface area contributed by atoms with Crippen LogP contribution in [0.4, 0.5) is 26.3 Å². The summed E-state index contributed by atoms with van der Waals surface area (Å²) in [5, 5.41) is 0. The Balaban J connectivity index is 0.000000252. The molecule has 1 saturated heterocycles. The first kappa shape index (κ1) is 11.9. The quantitative estimate of drug-likeness (QED) is 0.572. The van der Waals surface area contributed by atoms with Gasteiger partial charge in [-0.1, -0.05) is 0 Å². The van der Waals surface area contributed by atoms with E-state index in [2.05, 4.69) is 9.47 Å². The molecule has 1 aliphatic rings. The van der Waals surface area contributed by atoms with Crippen molar-refractivity contribution in [3.05, 3.63) is 12.0 Å². The van der Waals surface area contributed by atoms with Gasteiger partial charge in [0.15, 0.2) is 0 Å². The zero-order valence-corrected chi connectivity index (χ0v) is 6.00. The van der Waals surface area contributed by atoms with Crippen molar-refractivity contribution in [2.45, 2.75) is 6.43 Å². The molecule has 0 amide bonds. The van der Waals surface area contributed by atoms with Gasteiger partial charge in [-0.25, -0.2) is 0 Å². The van der Waals surface area contributed by atoms with Crippen LogP contribution in [0.15, 0.2) is 12.0 Å². The van der Waals surface area contributed by atoms with E-state index < -0.39 is 18.5 Å². The lowest BCUT2D eigenvalue weighted by atomic mass is 10.8. The Morgan fingerprint density at radius 1 is 1.00 bits per heavy atom. The van der Waals surface area contributed by atoms with E-state index in [1.807, 2.05) is 0 Å². The molecule has 0 radical (unpaired) electrons. The summed E-state index contributed by atoms with van der Waals surface area (Å²) >= 11 is 0. The maximum Gasteiger partial charge on any atom is 0.559 e. The summed E-state index contributed by atoms with van der Waals surface area (Å²) in [5.41, 5.74) is 0. The molecule has 0 N–H and O–H groups in total. The number of rotatable bonds is 0. The van der Waals surface area contributed by atoms with E-state index in [-0.39, 0.29) is 13.2 Å². The van der Waals surface area contributed by atoms with Gasteiger partial charge >= 0.3 is 18.5 Å². The Kier molecular flexibility index (Phi) is 4.43. The van der Waals surface area contributed by atoms with Crippen LogP contribution in [0.5, 0.6) is 0 Å². The van der Waals surface area contributed by atoms with Crippen LogP contribution in [0.25, 0.3) is 0 Å². The third kappa shape index (κ3) is 8.83. The third-order valence-electron chi connectivity index (χ3n) is 0.704. The molecule has 0 unspecified atom stereocenters. The fourth-order valence-corrected chi connectivity index (χ4v) is 0.420. The Morgan fingerprint density at radius 3 is 1.46 bits per heavy atom. The molecule has 78 valence electrons. The minimum atomic E-state index is -5.50. The van der Waals surface area contributed by atoms with Crippen molar-refractivity contribution in [1.82, 2.24) is 0 Å². The van der Waals surface area contributed by atoms with Crippen molar-refractivity contribution < 1.29 is 35.8 Å². The monoisotopic (exact) mass is 210 g/mol. The second-order valence-corrected chi connectivity index (χ2v) is 1.67. The second-order valence-electron chi connectivity index (χ2n) is 1.67. The molecule has 0 atom stereocenters. The summed E-state index contributed by atoms with van der Waals surface area (Å²) in [6.07, 6.45) is -7.39. The molecule has 8 heteroatoms. The number of hydrogen-bond acceptors (Lipinski definition) is 2. The first-order chi connectivity index (χ1) is 5.80. The highest BCUT2D eigenvalue weighted by Gasteiger charge is 2.24. The van der Waals surface area contributed by atoms with Crippen molar-refractivity contribution in [3.63, 3.8) is 0 Å². The molecule has 1 fully saturated rings. The predicted molar refractivity (Wildman–Crippen MR) is 28.3 cm³/mol. The maximum atomic E-state index is 11.4. The van der Waals surface area contributed by atoms with Gasteiger partial charge < -0.3 is 9.47 Å². The lowest BCUT2D eigenvalue weighted by molar-refractivity contribution is -0.237. The lowest BCUT2D eigenvalue weighted by Crippen LogP contribution is -1.92. The third-order valence-corrected chi connectivity index (χ3v) is 0.704. The van der Waals surface area contributed by atoms with Gasteiger partial charge in [-0.3, -0.25) is 0 Å². The van der Waals surface area contributed by atoms with Crippen LogP contribution in [0, 0.1) is 0 Å². The van der Waals surface area contributed by atoms with Gasteiger partial charge in [0.1, 0.15) is 13.2 Å². The summed E-state index contributed by atoms with van der Waals surface area (Å²) < 4.78 is 70.1. The average molecular weight is 210 g/mol. The first-order valence-corrected chi connectivity index (χ1v) is 2.87. The van der Waals surface area contributed by atoms with E-state index in [9.17, 15) is 26.3 Å². The molecule has 0 bridgehead atoms. The maximum absolute atomic E-state index is 11.4. The van der Waals surface area contributed by atoms with Crippen LogP contribution in [0.3, 0.4) is 0 Å². The van der Waals surface area contributed by atoms with Crippen molar-refractivity contribution in [2.24, 2.45) is 0 Å². The predicted octanol–water partition coefficient (Wildman–Crippen LogP) is 2.57. The van der Waals surface area contributed by atoms with Gasteiger partial charge in [0.05, 0.1) is 0 Å². The minimum Gasteiger partial charge on any atom is -0.458 e. The van der Waals surface area contributed by atoms with Gasteiger partial charge in [0, 0.05) is 0 Å². The van der Waals surface area contributed by atoms with E-state index >= 15 is 0 Å².